The van der Waals surface area contributed by atoms with E-state index in [-0.39, 0.29) is 17.2 Å². The van der Waals surface area contributed by atoms with Crippen LogP contribution in [0.2, 0.25) is 0 Å². The Morgan fingerprint density at radius 1 is 0.971 bits per heavy atom. The summed E-state index contributed by atoms with van der Waals surface area (Å²) in [5, 5.41) is 0. The second-order valence-electron chi connectivity index (χ2n) is 10.1. The number of hydrogen-bond acceptors (Lipinski definition) is 3. The molecular formula is C27H33F3N2O2. The maximum Gasteiger partial charge on any atom is 0.256 e. The quantitative estimate of drug-likeness (QED) is 0.516. The molecule has 0 bridgehead atoms. The first-order valence-corrected chi connectivity index (χ1v) is 12.1. The predicted octanol–water partition coefficient (Wildman–Crippen LogP) is 5.71. The molecule has 184 valence electrons. The number of hydrogen-bond donors (Lipinski definition) is 0. The minimum Gasteiger partial charge on any atom is -0.490 e. The van der Waals surface area contributed by atoms with Crippen LogP contribution in [0.25, 0.3) is 11.1 Å². The largest absolute Gasteiger partial charge is 0.490 e. The van der Waals surface area contributed by atoms with E-state index in [2.05, 4.69) is 4.90 Å². The van der Waals surface area contributed by atoms with Crippen molar-refractivity contribution in [3.63, 3.8) is 0 Å². The molecule has 4 nitrogen and oxygen atoms in total. The molecule has 2 aliphatic heterocycles. The van der Waals surface area contributed by atoms with Gasteiger partial charge in [-0.25, -0.2) is 13.2 Å². The van der Waals surface area contributed by atoms with Crippen molar-refractivity contribution in [1.82, 2.24) is 9.80 Å². The Morgan fingerprint density at radius 3 is 2.18 bits per heavy atom. The third kappa shape index (κ3) is 6.12. The van der Waals surface area contributed by atoms with Crippen molar-refractivity contribution in [1.29, 1.82) is 0 Å². The summed E-state index contributed by atoms with van der Waals surface area (Å²) in [6.07, 6.45) is 3.65. The highest BCUT2D eigenvalue weighted by Crippen LogP contribution is 2.29. The van der Waals surface area contributed by atoms with Crippen molar-refractivity contribution >= 4 is 5.91 Å². The molecule has 0 saturated carbocycles. The molecule has 2 saturated heterocycles. The van der Waals surface area contributed by atoms with Gasteiger partial charge in [0.15, 0.2) is 11.6 Å². The Kier molecular flexibility index (Phi) is 7.51. The van der Waals surface area contributed by atoms with Gasteiger partial charge in [-0.2, -0.15) is 0 Å². The molecule has 0 aliphatic carbocycles. The Balaban J connectivity index is 1.34. The standard InChI is InChI=1S/C27H33F3N2O2/c1-27(2,30)18-31-13-9-19(10-14-31)17-34-25-8-6-21(16-24(25)29)20-5-7-22(23(28)15-20)26(33)32-11-3-4-12-32/h5-8,15-16,19H,3-4,9-14,17-18H2,1-2H3. The molecule has 1 amide bonds. The fraction of sp³-hybridized carbons (Fsp3) is 0.519. The second-order valence-corrected chi connectivity index (χ2v) is 10.1. The topological polar surface area (TPSA) is 32.8 Å². The van der Waals surface area contributed by atoms with Crippen molar-refractivity contribution in [3.8, 4) is 16.9 Å². The van der Waals surface area contributed by atoms with Gasteiger partial charge in [0, 0.05) is 19.6 Å². The normalized spacial score (nSPS) is 17.9. The van der Waals surface area contributed by atoms with Crippen molar-refractivity contribution in [2.24, 2.45) is 5.92 Å². The first-order valence-electron chi connectivity index (χ1n) is 12.1. The lowest BCUT2D eigenvalue weighted by molar-refractivity contribution is 0.0788. The Morgan fingerprint density at radius 2 is 1.59 bits per heavy atom. The van der Waals surface area contributed by atoms with Crippen LogP contribution in [-0.4, -0.2) is 60.7 Å². The van der Waals surface area contributed by atoms with Gasteiger partial charge >= 0.3 is 0 Å². The van der Waals surface area contributed by atoms with Crippen LogP contribution in [-0.2, 0) is 0 Å². The van der Waals surface area contributed by atoms with E-state index in [9.17, 15) is 18.0 Å². The molecule has 0 radical (unpaired) electrons. The van der Waals surface area contributed by atoms with Crippen molar-refractivity contribution < 1.29 is 22.7 Å². The van der Waals surface area contributed by atoms with Crippen LogP contribution in [0, 0.1) is 17.6 Å². The molecule has 0 N–H and O–H groups in total. The summed E-state index contributed by atoms with van der Waals surface area (Å²) < 4.78 is 49.0. The molecule has 2 heterocycles. The molecule has 0 unspecified atom stereocenters. The molecular weight excluding hydrogens is 441 g/mol. The number of alkyl halides is 1. The monoisotopic (exact) mass is 474 g/mol. The average molecular weight is 475 g/mol. The van der Waals surface area contributed by atoms with Gasteiger partial charge in [0.25, 0.3) is 5.91 Å². The summed E-state index contributed by atoms with van der Waals surface area (Å²) in [5.74, 6) is -0.940. The number of piperidine rings is 1. The molecule has 2 fully saturated rings. The van der Waals surface area contributed by atoms with Crippen LogP contribution >= 0.6 is 0 Å². The number of carbonyl (C=O) groups is 1. The lowest BCUT2D eigenvalue weighted by Crippen LogP contribution is -2.41. The number of ether oxygens (including phenoxy) is 1. The molecule has 34 heavy (non-hydrogen) atoms. The summed E-state index contributed by atoms with van der Waals surface area (Å²) in [6.45, 7) is 6.94. The molecule has 2 aromatic rings. The van der Waals surface area contributed by atoms with E-state index in [0.717, 1.165) is 38.8 Å². The maximum absolute atomic E-state index is 14.7. The Hall–Kier alpha value is -2.54. The zero-order chi connectivity index (χ0) is 24.3. The van der Waals surface area contributed by atoms with Gasteiger partial charge in [0.2, 0.25) is 0 Å². The van der Waals surface area contributed by atoms with Crippen LogP contribution in [0.4, 0.5) is 13.2 Å². The lowest BCUT2D eigenvalue weighted by Gasteiger charge is -2.34. The van der Waals surface area contributed by atoms with Crippen LogP contribution in [0.5, 0.6) is 5.75 Å². The Bertz CT molecular complexity index is 1010. The van der Waals surface area contributed by atoms with Gasteiger partial charge in [-0.3, -0.25) is 4.79 Å². The maximum atomic E-state index is 14.7. The summed E-state index contributed by atoms with van der Waals surface area (Å²) in [5.41, 5.74) is -0.136. The molecule has 0 aromatic heterocycles. The zero-order valence-corrected chi connectivity index (χ0v) is 20.0. The summed E-state index contributed by atoms with van der Waals surface area (Å²) >= 11 is 0. The highest BCUT2D eigenvalue weighted by molar-refractivity contribution is 5.95. The van der Waals surface area contributed by atoms with E-state index in [0.29, 0.717) is 43.3 Å². The SMILES string of the molecule is CC(C)(F)CN1CCC(COc2ccc(-c3ccc(C(=O)N4CCCC4)c(F)c3)cc2F)CC1. The van der Waals surface area contributed by atoms with Crippen LogP contribution < -0.4 is 4.74 Å². The molecule has 0 spiro atoms. The number of halogens is 3. The number of amides is 1. The van der Waals surface area contributed by atoms with Crippen molar-refractivity contribution in [3.05, 3.63) is 53.6 Å². The van der Waals surface area contributed by atoms with Gasteiger partial charge in [-0.15, -0.1) is 0 Å². The van der Waals surface area contributed by atoms with E-state index < -0.39 is 17.3 Å². The van der Waals surface area contributed by atoms with Crippen molar-refractivity contribution in [2.75, 3.05) is 39.3 Å². The second kappa shape index (κ2) is 10.4. The lowest BCUT2D eigenvalue weighted by atomic mass is 9.96. The van der Waals surface area contributed by atoms with E-state index in [4.69, 9.17) is 4.74 Å². The highest BCUT2D eigenvalue weighted by Gasteiger charge is 2.26. The third-order valence-corrected chi connectivity index (χ3v) is 6.64. The third-order valence-electron chi connectivity index (χ3n) is 6.64. The molecule has 2 aliphatic rings. The smallest absolute Gasteiger partial charge is 0.256 e. The number of rotatable bonds is 7. The van der Waals surface area contributed by atoms with Gasteiger partial charge in [0.05, 0.1) is 12.2 Å². The molecule has 4 rings (SSSR count). The van der Waals surface area contributed by atoms with Crippen LogP contribution in [0.15, 0.2) is 36.4 Å². The van der Waals surface area contributed by atoms with Crippen molar-refractivity contribution in [2.45, 2.75) is 45.2 Å². The van der Waals surface area contributed by atoms with Crippen LogP contribution in [0.3, 0.4) is 0 Å². The molecule has 2 aromatic carbocycles. The first kappa shape index (κ1) is 24.6. The fourth-order valence-electron chi connectivity index (χ4n) is 4.81. The van der Waals surface area contributed by atoms with E-state index >= 15 is 0 Å². The average Bonchev–Trinajstić information content (AvgIpc) is 3.33. The number of benzene rings is 2. The molecule has 7 heteroatoms. The fourth-order valence-corrected chi connectivity index (χ4v) is 4.81. The first-order chi connectivity index (χ1) is 16.2. The van der Waals surface area contributed by atoms with E-state index in [1.54, 1.807) is 36.9 Å². The zero-order valence-electron chi connectivity index (χ0n) is 20.0. The van der Waals surface area contributed by atoms with Crippen LogP contribution in [0.1, 0.15) is 49.9 Å². The predicted molar refractivity (Wildman–Crippen MR) is 127 cm³/mol. The van der Waals surface area contributed by atoms with Gasteiger partial charge in [-0.1, -0.05) is 12.1 Å². The minimum atomic E-state index is -1.21. The Labute approximate surface area is 199 Å². The summed E-state index contributed by atoms with van der Waals surface area (Å²) in [4.78, 5) is 16.3. The molecule has 0 atom stereocenters. The minimum absolute atomic E-state index is 0.0483. The number of nitrogens with zero attached hydrogens (tertiary/aromatic N) is 2. The van der Waals surface area contributed by atoms with E-state index in [1.807, 2.05) is 0 Å². The summed E-state index contributed by atoms with van der Waals surface area (Å²) in [7, 11) is 0. The highest BCUT2D eigenvalue weighted by atomic mass is 19.1. The summed E-state index contributed by atoms with van der Waals surface area (Å²) in [6, 6.07) is 9.00. The van der Waals surface area contributed by atoms with E-state index in [1.165, 1.54) is 18.2 Å². The van der Waals surface area contributed by atoms with Gasteiger partial charge < -0.3 is 14.5 Å². The van der Waals surface area contributed by atoms with Gasteiger partial charge in [0.1, 0.15) is 11.5 Å². The number of carbonyl (C=O) groups excluding carboxylic acids is 1. The number of likely N-dealkylation sites (tertiary alicyclic amines) is 2. The van der Waals surface area contributed by atoms with Gasteiger partial charge in [-0.05, 0) is 93.9 Å².